The van der Waals surface area contributed by atoms with Crippen LogP contribution in [0.25, 0.3) is 0 Å². The van der Waals surface area contributed by atoms with Crippen molar-refractivity contribution in [1.82, 2.24) is 5.32 Å². The highest BCUT2D eigenvalue weighted by molar-refractivity contribution is 7.89. The van der Waals surface area contributed by atoms with Crippen molar-refractivity contribution in [3.8, 4) is 0 Å². The second kappa shape index (κ2) is 7.24. The predicted octanol–water partition coefficient (Wildman–Crippen LogP) is 1.55. The van der Waals surface area contributed by atoms with Crippen molar-refractivity contribution in [3.05, 3.63) is 24.3 Å². The summed E-state index contributed by atoms with van der Waals surface area (Å²) in [6, 6.07) is 6.87. The van der Waals surface area contributed by atoms with Crippen LogP contribution in [0.3, 0.4) is 0 Å². The molecule has 118 valence electrons. The molecule has 0 bridgehead atoms. The van der Waals surface area contributed by atoms with Gasteiger partial charge in [-0.3, -0.25) is 0 Å². The molecule has 21 heavy (non-hydrogen) atoms. The summed E-state index contributed by atoms with van der Waals surface area (Å²) in [6.07, 6.45) is 3.59. The van der Waals surface area contributed by atoms with Gasteiger partial charge in [0.1, 0.15) is 0 Å². The van der Waals surface area contributed by atoms with Gasteiger partial charge in [0.2, 0.25) is 10.0 Å². The van der Waals surface area contributed by atoms with E-state index in [-0.39, 0.29) is 4.90 Å². The third kappa shape index (κ3) is 4.69. The Morgan fingerprint density at radius 1 is 1.33 bits per heavy atom. The summed E-state index contributed by atoms with van der Waals surface area (Å²) in [7, 11) is -3.60. The number of benzene rings is 1. The van der Waals surface area contributed by atoms with E-state index in [0.717, 1.165) is 38.3 Å². The van der Waals surface area contributed by atoms with Crippen LogP contribution in [-0.4, -0.2) is 34.6 Å². The minimum atomic E-state index is -3.60. The molecule has 6 heteroatoms. The maximum Gasteiger partial charge on any atom is 0.238 e. The van der Waals surface area contributed by atoms with Crippen molar-refractivity contribution in [2.75, 3.05) is 31.1 Å². The van der Waals surface area contributed by atoms with Crippen LogP contribution in [0, 0.1) is 5.92 Å². The molecule has 3 N–H and O–H groups in total. The molecular formula is C15H25N3O2S. The lowest BCUT2D eigenvalue weighted by atomic mass is 9.97. The van der Waals surface area contributed by atoms with Crippen LogP contribution < -0.4 is 15.4 Å². The first-order valence-electron chi connectivity index (χ1n) is 7.59. The lowest BCUT2D eigenvalue weighted by Crippen LogP contribution is -2.39. The van der Waals surface area contributed by atoms with Crippen LogP contribution in [0.15, 0.2) is 29.2 Å². The molecule has 0 saturated carbocycles. The summed E-state index contributed by atoms with van der Waals surface area (Å²) in [5.74, 6) is 0.656. The minimum Gasteiger partial charge on any atom is -0.371 e. The quantitative estimate of drug-likeness (QED) is 0.782. The van der Waals surface area contributed by atoms with E-state index in [2.05, 4.69) is 17.1 Å². The highest BCUT2D eigenvalue weighted by atomic mass is 32.2. The number of anilines is 1. The summed E-state index contributed by atoms with van der Waals surface area (Å²) in [5.41, 5.74) is 1.07. The zero-order valence-electron chi connectivity index (χ0n) is 12.6. The van der Waals surface area contributed by atoms with Crippen molar-refractivity contribution < 1.29 is 8.42 Å². The fourth-order valence-corrected chi connectivity index (χ4v) is 3.31. The van der Waals surface area contributed by atoms with E-state index in [0.29, 0.717) is 5.92 Å². The van der Waals surface area contributed by atoms with E-state index in [1.807, 2.05) is 12.1 Å². The average molecular weight is 311 g/mol. The molecular weight excluding hydrogens is 286 g/mol. The van der Waals surface area contributed by atoms with Crippen LogP contribution in [0.2, 0.25) is 0 Å². The molecule has 1 saturated heterocycles. The van der Waals surface area contributed by atoms with Crippen LogP contribution in [0.1, 0.15) is 26.2 Å². The van der Waals surface area contributed by atoms with Crippen molar-refractivity contribution in [2.45, 2.75) is 31.1 Å². The Labute approximate surface area is 127 Å². The second-order valence-corrected chi connectivity index (χ2v) is 7.26. The Morgan fingerprint density at radius 3 is 2.67 bits per heavy atom. The molecule has 0 aliphatic carbocycles. The molecule has 1 unspecified atom stereocenters. The molecule has 1 aromatic carbocycles. The number of nitrogens with zero attached hydrogens (tertiary/aromatic N) is 1. The van der Waals surface area contributed by atoms with Gasteiger partial charge in [-0.05, 0) is 62.5 Å². The van der Waals surface area contributed by atoms with Gasteiger partial charge < -0.3 is 10.2 Å². The number of nitrogens with one attached hydrogen (secondary N) is 1. The zero-order valence-corrected chi connectivity index (χ0v) is 13.4. The summed E-state index contributed by atoms with van der Waals surface area (Å²) in [5, 5.41) is 8.61. The maximum atomic E-state index is 11.3. The third-order valence-corrected chi connectivity index (χ3v) is 4.84. The molecule has 0 aromatic heterocycles. The summed E-state index contributed by atoms with van der Waals surface area (Å²) < 4.78 is 22.6. The average Bonchev–Trinajstić information content (AvgIpc) is 2.47. The van der Waals surface area contributed by atoms with Gasteiger partial charge in [-0.25, -0.2) is 13.6 Å². The molecule has 5 nitrogen and oxygen atoms in total. The van der Waals surface area contributed by atoms with Crippen LogP contribution >= 0.6 is 0 Å². The maximum absolute atomic E-state index is 11.3. The van der Waals surface area contributed by atoms with E-state index in [1.165, 1.54) is 12.8 Å². The number of sulfonamides is 1. The highest BCUT2D eigenvalue weighted by Gasteiger charge is 2.20. The van der Waals surface area contributed by atoms with E-state index < -0.39 is 10.0 Å². The van der Waals surface area contributed by atoms with Gasteiger partial charge in [0.25, 0.3) is 0 Å². The SMILES string of the molecule is CCCNCC1CCCN(c2ccc(S(N)(=O)=O)cc2)C1. The highest BCUT2D eigenvalue weighted by Crippen LogP contribution is 2.24. The molecule has 0 radical (unpaired) electrons. The standard InChI is InChI=1S/C15H25N3O2S/c1-2-9-17-11-13-4-3-10-18(12-13)14-5-7-15(8-6-14)21(16,19)20/h5-8,13,17H,2-4,9-12H2,1H3,(H2,16,19,20). The Bertz CT molecular complexity index is 543. The summed E-state index contributed by atoms with van der Waals surface area (Å²) >= 11 is 0. The fourth-order valence-electron chi connectivity index (χ4n) is 2.80. The Morgan fingerprint density at radius 2 is 2.05 bits per heavy atom. The molecule has 1 aliphatic rings. The molecule has 1 aromatic rings. The summed E-state index contributed by atoms with van der Waals surface area (Å²) in [6.45, 7) is 6.34. The van der Waals surface area contributed by atoms with Crippen molar-refractivity contribution in [2.24, 2.45) is 11.1 Å². The third-order valence-electron chi connectivity index (χ3n) is 3.91. The van der Waals surface area contributed by atoms with E-state index in [1.54, 1.807) is 12.1 Å². The van der Waals surface area contributed by atoms with Gasteiger partial charge in [-0.1, -0.05) is 6.92 Å². The number of piperidine rings is 1. The molecule has 2 rings (SSSR count). The van der Waals surface area contributed by atoms with Crippen molar-refractivity contribution in [3.63, 3.8) is 0 Å². The molecule has 1 atom stereocenters. The number of hydrogen-bond acceptors (Lipinski definition) is 4. The van der Waals surface area contributed by atoms with Gasteiger partial charge in [0.15, 0.2) is 0 Å². The molecule has 0 amide bonds. The fraction of sp³-hybridized carbons (Fsp3) is 0.600. The van der Waals surface area contributed by atoms with Gasteiger partial charge in [0, 0.05) is 18.8 Å². The first-order chi connectivity index (χ1) is 10.0. The van der Waals surface area contributed by atoms with Crippen molar-refractivity contribution in [1.29, 1.82) is 0 Å². The largest absolute Gasteiger partial charge is 0.371 e. The number of nitrogens with two attached hydrogens (primary N) is 1. The topological polar surface area (TPSA) is 75.4 Å². The van der Waals surface area contributed by atoms with E-state index >= 15 is 0 Å². The predicted molar refractivity (Wildman–Crippen MR) is 85.9 cm³/mol. The first kappa shape index (κ1) is 16.3. The Hall–Kier alpha value is -1.11. The van der Waals surface area contributed by atoms with Gasteiger partial charge >= 0.3 is 0 Å². The van der Waals surface area contributed by atoms with Crippen LogP contribution in [-0.2, 0) is 10.0 Å². The summed E-state index contributed by atoms with van der Waals surface area (Å²) in [4.78, 5) is 2.50. The smallest absolute Gasteiger partial charge is 0.238 e. The first-order valence-corrected chi connectivity index (χ1v) is 9.14. The van der Waals surface area contributed by atoms with Crippen molar-refractivity contribution >= 4 is 15.7 Å². The van der Waals surface area contributed by atoms with Gasteiger partial charge in [-0.2, -0.15) is 0 Å². The van der Waals surface area contributed by atoms with E-state index in [4.69, 9.17) is 5.14 Å². The second-order valence-electron chi connectivity index (χ2n) is 5.70. The van der Waals surface area contributed by atoms with Crippen LogP contribution in [0.5, 0.6) is 0 Å². The lowest BCUT2D eigenvalue weighted by Gasteiger charge is -2.34. The van der Waals surface area contributed by atoms with Crippen LogP contribution in [0.4, 0.5) is 5.69 Å². The molecule has 1 heterocycles. The van der Waals surface area contributed by atoms with Gasteiger partial charge in [-0.15, -0.1) is 0 Å². The Balaban J connectivity index is 1.97. The van der Waals surface area contributed by atoms with E-state index in [9.17, 15) is 8.42 Å². The monoisotopic (exact) mass is 311 g/mol. The molecule has 1 fully saturated rings. The normalized spacial score (nSPS) is 19.7. The minimum absolute atomic E-state index is 0.171. The number of primary sulfonamides is 1. The lowest BCUT2D eigenvalue weighted by molar-refractivity contribution is 0.392. The molecule has 1 aliphatic heterocycles. The number of rotatable bonds is 6. The molecule has 0 spiro atoms. The Kier molecular flexibility index (Phi) is 5.61. The number of hydrogen-bond donors (Lipinski definition) is 2. The zero-order chi connectivity index (χ0) is 15.3. The van der Waals surface area contributed by atoms with Gasteiger partial charge in [0.05, 0.1) is 4.90 Å².